The number of nitrogens with one attached hydrogen (secondary N) is 1. The molecule has 0 bridgehead atoms. The summed E-state index contributed by atoms with van der Waals surface area (Å²) < 4.78 is 41.8. The first-order chi connectivity index (χ1) is 20.5. The quantitative estimate of drug-likeness (QED) is 0.303. The van der Waals surface area contributed by atoms with Crippen molar-refractivity contribution < 1.29 is 22.8 Å². The lowest BCUT2D eigenvalue weighted by Crippen LogP contribution is -2.46. The smallest absolute Gasteiger partial charge is 0.355 e. The number of aromatic nitrogens is 2. The molecule has 0 saturated carbocycles. The third-order valence-electron chi connectivity index (χ3n) is 7.10. The van der Waals surface area contributed by atoms with Crippen LogP contribution in [0, 0.1) is 11.8 Å². The van der Waals surface area contributed by atoms with E-state index in [1.54, 1.807) is 31.2 Å². The maximum Gasteiger partial charge on any atom is 0.417 e. The maximum atomic E-state index is 13.9. The van der Waals surface area contributed by atoms with Crippen LogP contribution in [0.1, 0.15) is 55.8 Å². The number of amides is 2. The second-order valence-corrected chi connectivity index (χ2v) is 10.8. The fourth-order valence-corrected chi connectivity index (χ4v) is 5.32. The standard InChI is InChI=1S/C32H24BrF3N4O3/c1-19-16-24-27(18-39(19)30(42)22-11-14-26(33)25(17-22)32(34,35)36)38-28(15-8-20-6-4-3-5-7-20)40(31(24)43)23-12-9-21(10-13-23)29(41)37-2/h3-7,9-14,17,19H,16,18H2,1-2H3,(H,37,41)/t19-/m1/s1. The van der Waals surface area contributed by atoms with E-state index in [0.29, 0.717) is 28.1 Å². The Morgan fingerprint density at radius 2 is 1.67 bits per heavy atom. The molecule has 5 rings (SSSR count). The van der Waals surface area contributed by atoms with Crippen molar-refractivity contribution in [2.24, 2.45) is 0 Å². The first-order valence-electron chi connectivity index (χ1n) is 13.2. The molecular formula is C32H24BrF3N4O3. The van der Waals surface area contributed by atoms with Crippen LogP contribution in [0.3, 0.4) is 0 Å². The summed E-state index contributed by atoms with van der Waals surface area (Å²) in [5.41, 5.74) is 0.792. The Labute approximate surface area is 253 Å². The van der Waals surface area contributed by atoms with Gasteiger partial charge in [-0.25, -0.2) is 4.98 Å². The van der Waals surface area contributed by atoms with Crippen molar-refractivity contribution in [3.05, 3.63) is 127 Å². The SMILES string of the molecule is CNC(=O)c1ccc(-n2c(C#Cc3ccccc3)nc3c(c2=O)C[C@@H](C)N(C(=O)c2ccc(Br)c(C(F)(F)F)c2)C3)cc1. The average Bonchev–Trinajstić information content (AvgIpc) is 3.00. The molecule has 2 heterocycles. The van der Waals surface area contributed by atoms with Crippen molar-refractivity contribution in [1.82, 2.24) is 19.8 Å². The molecular weight excluding hydrogens is 625 g/mol. The monoisotopic (exact) mass is 648 g/mol. The molecule has 3 aromatic carbocycles. The van der Waals surface area contributed by atoms with Gasteiger partial charge in [-0.15, -0.1) is 0 Å². The van der Waals surface area contributed by atoms with Gasteiger partial charge in [-0.05, 0) is 73.9 Å². The van der Waals surface area contributed by atoms with E-state index in [-0.39, 0.29) is 40.3 Å². The van der Waals surface area contributed by atoms with Crippen molar-refractivity contribution in [2.45, 2.75) is 32.1 Å². The fourth-order valence-electron chi connectivity index (χ4n) is 4.85. The second kappa shape index (κ2) is 11.9. The first kappa shape index (κ1) is 29.8. The maximum absolute atomic E-state index is 13.9. The predicted octanol–water partition coefficient (Wildman–Crippen LogP) is 5.36. The molecule has 2 amide bonds. The minimum absolute atomic E-state index is 0.0849. The summed E-state index contributed by atoms with van der Waals surface area (Å²) in [6.45, 7) is 1.65. The van der Waals surface area contributed by atoms with Crippen LogP contribution >= 0.6 is 15.9 Å². The summed E-state index contributed by atoms with van der Waals surface area (Å²) in [7, 11) is 1.52. The van der Waals surface area contributed by atoms with E-state index >= 15 is 0 Å². The van der Waals surface area contributed by atoms with E-state index in [1.165, 1.54) is 28.6 Å². The summed E-state index contributed by atoms with van der Waals surface area (Å²) in [6.07, 6.45) is -4.51. The van der Waals surface area contributed by atoms with E-state index in [2.05, 4.69) is 33.1 Å². The highest BCUT2D eigenvalue weighted by Crippen LogP contribution is 2.36. The van der Waals surface area contributed by atoms with Crippen LogP contribution in [0.4, 0.5) is 13.2 Å². The van der Waals surface area contributed by atoms with E-state index in [9.17, 15) is 27.6 Å². The Morgan fingerprint density at radius 3 is 2.33 bits per heavy atom. The second-order valence-electron chi connectivity index (χ2n) is 9.92. The van der Waals surface area contributed by atoms with Crippen molar-refractivity contribution in [3.8, 4) is 17.5 Å². The Morgan fingerprint density at radius 1 is 1.00 bits per heavy atom. The summed E-state index contributed by atoms with van der Waals surface area (Å²) in [4.78, 5) is 45.6. The number of hydrogen-bond donors (Lipinski definition) is 1. The lowest BCUT2D eigenvalue weighted by atomic mass is 9.98. The number of fused-ring (bicyclic) bond motifs is 1. The van der Waals surface area contributed by atoms with Gasteiger partial charge in [0.1, 0.15) is 0 Å². The zero-order valence-corrected chi connectivity index (χ0v) is 24.6. The largest absolute Gasteiger partial charge is 0.417 e. The van der Waals surface area contributed by atoms with Crippen LogP contribution < -0.4 is 10.9 Å². The van der Waals surface area contributed by atoms with Crippen LogP contribution in [-0.2, 0) is 19.1 Å². The number of rotatable bonds is 3. The van der Waals surface area contributed by atoms with Crippen LogP contribution in [0.25, 0.3) is 5.69 Å². The van der Waals surface area contributed by atoms with Crippen molar-refractivity contribution >= 4 is 27.7 Å². The lowest BCUT2D eigenvalue weighted by molar-refractivity contribution is -0.138. The Bertz CT molecular complexity index is 1840. The molecule has 0 unspecified atom stereocenters. The Kier molecular flexibility index (Phi) is 8.24. The molecule has 11 heteroatoms. The van der Waals surface area contributed by atoms with E-state index in [0.717, 1.165) is 6.07 Å². The molecule has 1 N–H and O–H groups in total. The van der Waals surface area contributed by atoms with Crippen LogP contribution in [0.5, 0.6) is 0 Å². The number of hydrogen-bond acceptors (Lipinski definition) is 4. The molecule has 7 nitrogen and oxygen atoms in total. The molecule has 1 aromatic heterocycles. The van der Waals surface area contributed by atoms with E-state index in [1.807, 2.05) is 30.3 Å². The highest BCUT2D eigenvalue weighted by molar-refractivity contribution is 9.10. The van der Waals surface area contributed by atoms with Gasteiger partial charge >= 0.3 is 6.18 Å². The van der Waals surface area contributed by atoms with Gasteiger partial charge in [0.2, 0.25) is 0 Å². The van der Waals surface area contributed by atoms with Crippen LogP contribution in [-0.4, -0.2) is 39.4 Å². The fraction of sp³-hybridized carbons (Fsp3) is 0.188. The summed E-state index contributed by atoms with van der Waals surface area (Å²) >= 11 is 2.91. The molecule has 218 valence electrons. The first-order valence-corrected chi connectivity index (χ1v) is 14.0. The minimum atomic E-state index is -4.65. The van der Waals surface area contributed by atoms with E-state index < -0.39 is 23.7 Å². The molecule has 0 radical (unpaired) electrons. The third kappa shape index (κ3) is 6.10. The normalized spacial score (nSPS) is 14.4. The zero-order chi connectivity index (χ0) is 30.9. The lowest BCUT2D eigenvalue weighted by Gasteiger charge is -2.34. The van der Waals surface area contributed by atoms with Gasteiger partial charge in [-0.1, -0.05) is 40.0 Å². The highest BCUT2D eigenvalue weighted by Gasteiger charge is 2.36. The molecule has 4 aromatic rings. The number of nitrogens with zero attached hydrogens (tertiary/aromatic N) is 3. The van der Waals surface area contributed by atoms with Gasteiger partial charge in [0.05, 0.1) is 23.5 Å². The van der Waals surface area contributed by atoms with Gasteiger partial charge in [-0.3, -0.25) is 19.0 Å². The molecule has 0 spiro atoms. The molecule has 1 atom stereocenters. The molecule has 1 aliphatic heterocycles. The van der Waals surface area contributed by atoms with Gasteiger partial charge in [0, 0.05) is 39.8 Å². The van der Waals surface area contributed by atoms with Crippen molar-refractivity contribution in [3.63, 3.8) is 0 Å². The minimum Gasteiger partial charge on any atom is -0.355 e. The van der Waals surface area contributed by atoms with Gasteiger partial charge in [-0.2, -0.15) is 13.2 Å². The van der Waals surface area contributed by atoms with E-state index in [4.69, 9.17) is 4.98 Å². The van der Waals surface area contributed by atoms with Crippen LogP contribution in [0.2, 0.25) is 0 Å². The van der Waals surface area contributed by atoms with Crippen molar-refractivity contribution in [1.29, 1.82) is 0 Å². The number of benzene rings is 3. The van der Waals surface area contributed by atoms with Gasteiger partial charge in [0.25, 0.3) is 17.4 Å². The number of halogens is 4. The van der Waals surface area contributed by atoms with Crippen molar-refractivity contribution in [2.75, 3.05) is 7.05 Å². The Hall–Kier alpha value is -4.69. The Balaban J connectivity index is 1.59. The number of carbonyl (C=O) groups is 2. The number of carbonyl (C=O) groups excluding carboxylic acids is 2. The molecule has 43 heavy (non-hydrogen) atoms. The van der Waals surface area contributed by atoms with Gasteiger partial charge < -0.3 is 10.2 Å². The third-order valence-corrected chi connectivity index (χ3v) is 7.79. The zero-order valence-electron chi connectivity index (χ0n) is 23.0. The molecule has 0 saturated heterocycles. The predicted molar refractivity (Wildman–Crippen MR) is 158 cm³/mol. The molecule has 0 aliphatic carbocycles. The average molecular weight is 649 g/mol. The number of alkyl halides is 3. The summed E-state index contributed by atoms with van der Waals surface area (Å²) in [6, 6.07) is 18.4. The topological polar surface area (TPSA) is 84.3 Å². The highest BCUT2D eigenvalue weighted by atomic mass is 79.9. The summed E-state index contributed by atoms with van der Waals surface area (Å²) in [5, 5.41) is 2.55. The molecule has 0 fully saturated rings. The van der Waals surface area contributed by atoms with Crippen LogP contribution in [0.15, 0.2) is 82.1 Å². The van der Waals surface area contributed by atoms with Gasteiger partial charge in [0.15, 0.2) is 5.82 Å². The molecule has 1 aliphatic rings. The summed E-state index contributed by atoms with van der Waals surface area (Å²) in [5.74, 6) is 5.21.